The molecule has 0 unspecified atom stereocenters. The fraction of sp³-hybridized carbons (Fsp3) is 0.429. The number of ether oxygens (including phenoxy) is 1. The maximum Gasteiger partial charge on any atom is 0.294 e. The lowest BCUT2D eigenvalue weighted by molar-refractivity contribution is 0.471. The molecule has 0 saturated heterocycles. The second-order valence-corrected chi connectivity index (χ2v) is 7.95. The van der Waals surface area contributed by atoms with E-state index in [2.05, 4.69) is 13.0 Å². The van der Waals surface area contributed by atoms with Crippen LogP contribution < -0.4 is 4.74 Å². The summed E-state index contributed by atoms with van der Waals surface area (Å²) in [7, 11) is -4.18. The average Bonchev–Trinajstić information content (AvgIpc) is 2.62. The summed E-state index contributed by atoms with van der Waals surface area (Å²) in [6, 6.07) is 13.7. The number of hydrogen-bond donors (Lipinski definition) is 1. The van der Waals surface area contributed by atoms with Gasteiger partial charge in [0.1, 0.15) is 11.5 Å². The maximum atomic E-state index is 11.1. The van der Waals surface area contributed by atoms with E-state index in [1.165, 1.54) is 50.7 Å². The fourth-order valence-corrected chi connectivity index (χ4v) is 3.37. The largest absolute Gasteiger partial charge is 0.457 e. The van der Waals surface area contributed by atoms with Crippen LogP contribution in [0.5, 0.6) is 11.5 Å². The van der Waals surface area contributed by atoms with E-state index in [1.54, 1.807) is 12.1 Å². The molecule has 142 valence electrons. The zero-order chi connectivity index (χ0) is 18.8. The van der Waals surface area contributed by atoms with E-state index in [1.807, 2.05) is 18.2 Å². The standard InChI is InChI=1S/C21H28O4S/c1-2-3-4-5-6-7-8-11-18-12-9-10-13-21(18)25-19-14-16-20(17-15-19)26(22,23)24/h9-10,12-17H,2-8,11H2,1H3,(H,22,23,24). The van der Waals surface area contributed by atoms with Crippen LogP contribution in [0.15, 0.2) is 53.4 Å². The van der Waals surface area contributed by atoms with Gasteiger partial charge in [-0.1, -0.05) is 63.6 Å². The lowest BCUT2D eigenvalue weighted by atomic mass is 10.0. The van der Waals surface area contributed by atoms with Crippen molar-refractivity contribution < 1.29 is 17.7 Å². The van der Waals surface area contributed by atoms with E-state index in [9.17, 15) is 8.42 Å². The molecule has 2 rings (SSSR count). The first-order chi connectivity index (χ1) is 12.5. The summed E-state index contributed by atoms with van der Waals surface area (Å²) in [5.41, 5.74) is 1.15. The van der Waals surface area contributed by atoms with Gasteiger partial charge in [0.15, 0.2) is 0 Å². The SMILES string of the molecule is CCCCCCCCCc1ccccc1Oc1ccc(S(=O)(=O)O)cc1. The smallest absolute Gasteiger partial charge is 0.294 e. The molecule has 2 aromatic rings. The minimum Gasteiger partial charge on any atom is -0.457 e. The van der Waals surface area contributed by atoms with Crippen molar-refractivity contribution in [3.8, 4) is 11.5 Å². The van der Waals surface area contributed by atoms with Gasteiger partial charge >= 0.3 is 0 Å². The highest BCUT2D eigenvalue weighted by Crippen LogP contribution is 2.27. The van der Waals surface area contributed by atoms with Crippen molar-refractivity contribution >= 4 is 10.1 Å². The van der Waals surface area contributed by atoms with Crippen molar-refractivity contribution in [1.29, 1.82) is 0 Å². The van der Waals surface area contributed by atoms with E-state index >= 15 is 0 Å². The molecule has 0 aliphatic heterocycles. The zero-order valence-electron chi connectivity index (χ0n) is 15.4. The Morgan fingerprint density at radius 3 is 2.12 bits per heavy atom. The third kappa shape index (κ3) is 6.81. The second kappa shape index (κ2) is 10.3. The van der Waals surface area contributed by atoms with E-state index in [4.69, 9.17) is 9.29 Å². The summed E-state index contributed by atoms with van der Waals surface area (Å²) in [5.74, 6) is 1.34. The molecule has 0 aliphatic carbocycles. The molecule has 0 aliphatic rings. The molecule has 0 radical (unpaired) electrons. The Labute approximate surface area is 157 Å². The van der Waals surface area contributed by atoms with Gasteiger partial charge in [-0.3, -0.25) is 4.55 Å². The summed E-state index contributed by atoms with van der Waals surface area (Å²) in [5, 5.41) is 0. The Morgan fingerprint density at radius 2 is 1.46 bits per heavy atom. The number of hydrogen-bond acceptors (Lipinski definition) is 3. The highest BCUT2D eigenvalue weighted by Gasteiger charge is 2.10. The third-order valence-electron chi connectivity index (χ3n) is 4.37. The molecule has 5 heteroatoms. The molecule has 2 aromatic carbocycles. The summed E-state index contributed by atoms with van der Waals surface area (Å²) in [6.45, 7) is 2.23. The van der Waals surface area contributed by atoms with Crippen molar-refractivity contribution in [2.75, 3.05) is 0 Å². The number of aryl methyl sites for hydroxylation is 1. The molecule has 0 spiro atoms. The number of unbranched alkanes of at least 4 members (excludes halogenated alkanes) is 6. The third-order valence-corrected chi connectivity index (χ3v) is 5.24. The van der Waals surface area contributed by atoms with Crippen LogP contribution in [0.4, 0.5) is 0 Å². The van der Waals surface area contributed by atoms with Gasteiger partial charge in [-0.2, -0.15) is 8.42 Å². The molecule has 1 N–H and O–H groups in total. The van der Waals surface area contributed by atoms with Crippen LogP contribution in [0.3, 0.4) is 0 Å². The van der Waals surface area contributed by atoms with Crippen molar-refractivity contribution in [1.82, 2.24) is 0 Å². The van der Waals surface area contributed by atoms with Gasteiger partial charge in [0.25, 0.3) is 10.1 Å². The van der Waals surface area contributed by atoms with Crippen LogP contribution >= 0.6 is 0 Å². The highest BCUT2D eigenvalue weighted by molar-refractivity contribution is 7.85. The Hall–Kier alpha value is -1.85. The minimum atomic E-state index is -4.18. The zero-order valence-corrected chi connectivity index (χ0v) is 16.2. The molecule has 0 heterocycles. The molecule has 0 saturated carbocycles. The summed E-state index contributed by atoms with van der Waals surface area (Å²) in [6.07, 6.45) is 9.84. The predicted molar refractivity (Wildman–Crippen MR) is 104 cm³/mol. The van der Waals surface area contributed by atoms with Gasteiger partial charge in [-0.05, 0) is 48.7 Å². The highest BCUT2D eigenvalue weighted by atomic mass is 32.2. The van der Waals surface area contributed by atoms with Crippen LogP contribution in [0.25, 0.3) is 0 Å². The Kier molecular flexibility index (Phi) is 8.13. The van der Waals surface area contributed by atoms with Crippen molar-refractivity contribution in [3.05, 3.63) is 54.1 Å². The minimum absolute atomic E-state index is 0.138. The maximum absolute atomic E-state index is 11.1. The molecule has 4 nitrogen and oxygen atoms in total. The number of rotatable bonds is 11. The molecule has 0 fully saturated rings. The monoisotopic (exact) mass is 376 g/mol. The normalized spacial score (nSPS) is 11.5. The summed E-state index contributed by atoms with van der Waals surface area (Å²) < 4.78 is 37.1. The van der Waals surface area contributed by atoms with Crippen molar-refractivity contribution in [3.63, 3.8) is 0 Å². The van der Waals surface area contributed by atoms with Gasteiger partial charge in [0, 0.05) is 0 Å². The van der Waals surface area contributed by atoms with Gasteiger partial charge in [0.2, 0.25) is 0 Å². The van der Waals surface area contributed by atoms with E-state index in [-0.39, 0.29) is 4.90 Å². The lowest BCUT2D eigenvalue weighted by Gasteiger charge is -2.11. The van der Waals surface area contributed by atoms with Gasteiger partial charge < -0.3 is 4.74 Å². The molecule has 0 atom stereocenters. The topological polar surface area (TPSA) is 63.6 Å². The first kappa shape index (κ1) is 20.5. The summed E-state index contributed by atoms with van der Waals surface area (Å²) >= 11 is 0. The Morgan fingerprint density at radius 1 is 0.846 bits per heavy atom. The van der Waals surface area contributed by atoms with Gasteiger partial charge in [-0.25, -0.2) is 0 Å². The van der Waals surface area contributed by atoms with Crippen molar-refractivity contribution in [2.24, 2.45) is 0 Å². The molecule has 0 bridgehead atoms. The molecule has 0 aromatic heterocycles. The van der Waals surface area contributed by atoms with E-state index < -0.39 is 10.1 Å². The Bertz CT molecular complexity index is 767. The molecular weight excluding hydrogens is 348 g/mol. The molecule has 26 heavy (non-hydrogen) atoms. The molecule has 0 amide bonds. The van der Waals surface area contributed by atoms with E-state index in [0.29, 0.717) is 5.75 Å². The van der Waals surface area contributed by atoms with Crippen LogP contribution in [0.2, 0.25) is 0 Å². The lowest BCUT2D eigenvalue weighted by Crippen LogP contribution is -1.97. The van der Waals surface area contributed by atoms with Crippen molar-refractivity contribution in [2.45, 2.75) is 63.2 Å². The Balaban J connectivity index is 1.90. The van der Waals surface area contributed by atoms with Gasteiger partial charge in [0.05, 0.1) is 4.90 Å². The average molecular weight is 377 g/mol. The fourth-order valence-electron chi connectivity index (χ4n) is 2.89. The molecular formula is C21H28O4S. The predicted octanol–water partition coefficient (Wildman–Crippen LogP) is 6.02. The second-order valence-electron chi connectivity index (χ2n) is 6.53. The number of para-hydroxylation sites is 1. The van der Waals surface area contributed by atoms with Crippen LogP contribution in [-0.4, -0.2) is 13.0 Å². The first-order valence-corrected chi connectivity index (χ1v) is 10.8. The summed E-state index contributed by atoms with van der Waals surface area (Å²) in [4.78, 5) is -0.138. The number of benzene rings is 2. The quantitative estimate of drug-likeness (QED) is 0.385. The first-order valence-electron chi connectivity index (χ1n) is 9.34. The van der Waals surface area contributed by atoms with Crippen LogP contribution in [-0.2, 0) is 16.5 Å². The van der Waals surface area contributed by atoms with Crippen LogP contribution in [0, 0.1) is 0 Å². The van der Waals surface area contributed by atoms with E-state index in [0.717, 1.165) is 24.2 Å². The van der Waals surface area contributed by atoms with Crippen LogP contribution in [0.1, 0.15) is 57.4 Å². The van der Waals surface area contributed by atoms with Gasteiger partial charge in [-0.15, -0.1) is 0 Å².